The highest BCUT2D eigenvalue weighted by molar-refractivity contribution is 5.69. The van der Waals surface area contributed by atoms with E-state index in [1.54, 1.807) is 18.2 Å². The van der Waals surface area contributed by atoms with Crippen molar-refractivity contribution in [1.82, 2.24) is 0 Å². The van der Waals surface area contributed by atoms with Gasteiger partial charge in [0, 0.05) is 6.42 Å². The van der Waals surface area contributed by atoms with Crippen LogP contribution in [0.2, 0.25) is 0 Å². The SMILES string of the molecule is CCCCC/C=C\C=C\C(C/C=C\CCC(=O)OCC(O)CO[C@@H]1O[C@H](CO)[C@H](O)[C@H](O)[C@H]1O)OO. The Kier molecular flexibility index (Phi) is 17.5. The van der Waals surface area contributed by atoms with E-state index in [1.165, 1.54) is 12.8 Å². The van der Waals surface area contributed by atoms with E-state index in [0.29, 0.717) is 12.8 Å². The zero-order chi connectivity index (χ0) is 26.8. The molecular weight excluding hydrogens is 476 g/mol. The summed E-state index contributed by atoms with van der Waals surface area (Å²) in [6.07, 6.45) is 7.68. The summed E-state index contributed by atoms with van der Waals surface area (Å²) in [6.45, 7) is 0.834. The van der Waals surface area contributed by atoms with Gasteiger partial charge in [-0.2, -0.15) is 0 Å². The first-order valence-electron chi connectivity index (χ1n) is 12.4. The van der Waals surface area contributed by atoms with Gasteiger partial charge in [-0.3, -0.25) is 10.1 Å². The van der Waals surface area contributed by atoms with Gasteiger partial charge < -0.3 is 39.7 Å². The average molecular weight is 519 g/mol. The highest BCUT2D eigenvalue weighted by Gasteiger charge is 2.44. The van der Waals surface area contributed by atoms with Crippen LogP contribution in [0.4, 0.5) is 0 Å². The molecule has 0 aromatic rings. The van der Waals surface area contributed by atoms with E-state index < -0.39 is 55.5 Å². The fraction of sp³-hybridized carbons (Fsp3) is 0.720. The molecular formula is C25H42O11. The lowest BCUT2D eigenvalue weighted by molar-refractivity contribution is -0.305. The number of rotatable bonds is 18. The maximum atomic E-state index is 11.8. The quantitative estimate of drug-likeness (QED) is 0.0381. The molecule has 6 N–H and O–H groups in total. The van der Waals surface area contributed by atoms with Gasteiger partial charge in [-0.05, 0) is 25.7 Å². The highest BCUT2D eigenvalue weighted by atomic mass is 17.1. The largest absolute Gasteiger partial charge is 0.463 e. The van der Waals surface area contributed by atoms with Crippen molar-refractivity contribution in [2.24, 2.45) is 0 Å². The minimum absolute atomic E-state index is 0.0811. The number of carbonyl (C=O) groups excluding carboxylic acids is 1. The predicted molar refractivity (Wildman–Crippen MR) is 130 cm³/mol. The van der Waals surface area contributed by atoms with E-state index >= 15 is 0 Å². The number of allylic oxidation sites excluding steroid dienone is 4. The monoisotopic (exact) mass is 518 g/mol. The van der Waals surface area contributed by atoms with Gasteiger partial charge in [-0.1, -0.05) is 56.2 Å². The van der Waals surface area contributed by atoms with E-state index in [0.717, 1.165) is 12.8 Å². The first-order chi connectivity index (χ1) is 17.3. The zero-order valence-corrected chi connectivity index (χ0v) is 20.8. The topological polar surface area (TPSA) is 175 Å². The van der Waals surface area contributed by atoms with Crippen LogP contribution in [0.3, 0.4) is 0 Å². The Morgan fingerprint density at radius 2 is 1.78 bits per heavy atom. The fourth-order valence-corrected chi connectivity index (χ4v) is 3.30. The number of hydrogen-bond donors (Lipinski definition) is 6. The molecule has 208 valence electrons. The lowest BCUT2D eigenvalue weighted by atomic mass is 9.99. The molecule has 0 aliphatic carbocycles. The third-order valence-corrected chi connectivity index (χ3v) is 5.47. The molecule has 11 nitrogen and oxygen atoms in total. The second-order valence-electron chi connectivity index (χ2n) is 8.57. The summed E-state index contributed by atoms with van der Waals surface area (Å²) >= 11 is 0. The van der Waals surface area contributed by atoms with E-state index in [2.05, 4.69) is 17.9 Å². The number of hydrogen-bond acceptors (Lipinski definition) is 11. The summed E-state index contributed by atoms with van der Waals surface area (Å²) in [5, 5.41) is 57.4. The minimum Gasteiger partial charge on any atom is -0.463 e. The van der Waals surface area contributed by atoms with Crippen LogP contribution in [0.5, 0.6) is 0 Å². The number of carbonyl (C=O) groups is 1. The molecule has 1 aliphatic rings. The van der Waals surface area contributed by atoms with E-state index in [1.807, 2.05) is 12.2 Å². The van der Waals surface area contributed by atoms with Gasteiger partial charge in [0.15, 0.2) is 6.29 Å². The first-order valence-corrected chi connectivity index (χ1v) is 12.4. The summed E-state index contributed by atoms with van der Waals surface area (Å²) in [5.41, 5.74) is 0. The second kappa shape index (κ2) is 19.4. The molecule has 11 heteroatoms. The normalized spacial score (nSPS) is 26.7. The summed E-state index contributed by atoms with van der Waals surface area (Å²) in [7, 11) is 0. The van der Waals surface area contributed by atoms with Gasteiger partial charge in [0.25, 0.3) is 0 Å². The zero-order valence-electron chi connectivity index (χ0n) is 20.8. The summed E-state index contributed by atoms with van der Waals surface area (Å²) in [4.78, 5) is 16.3. The Morgan fingerprint density at radius 3 is 2.47 bits per heavy atom. The van der Waals surface area contributed by atoms with Crippen molar-refractivity contribution in [3.05, 3.63) is 36.5 Å². The molecule has 1 saturated heterocycles. The van der Waals surface area contributed by atoms with Crippen LogP contribution in [0.15, 0.2) is 36.5 Å². The van der Waals surface area contributed by atoms with Crippen LogP contribution in [0.1, 0.15) is 51.9 Å². The van der Waals surface area contributed by atoms with Crippen LogP contribution in [-0.2, 0) is 23.9 Å². The van der Waals surface area contributed by atoms with E-state index in [9.17, 15) is 25.2 Å². The lowest BCUT2D eigenvalue weighted by Crippen LogP contribution is -2.59. The Labute approximate surface area is 212 Å². The molecule has 7 atom stereocenters. The third kappa shape index (κ3) is 13.0. The molecule has 0 aromatic heterocycles. The molecule has 0 aromatic carbocycles. The average Bonchev–Trinajstić information content (AvgIpc) is 2.88. The molecule has 0 saturated carbocycles. The molecule has 1 heterocycles. The highest BCUT2D eigenvalue weighted by Crippen LogP contribution is 2.22. The van der Waals surface area contributed by atoms with Crippen molar-refractivity contribution in [3.63, 3.8) is 0 Å². The van der Waals surface area contributed by atoms with Gasteiger partial charge >= 0.3 is 5.97 Å². The molecule has 1 aliphatic heterocycles. The van der Waals surface area contributed by atoms with Gasteiger partial charge in [-0.25, -0.2) is 4.89 Å². The van der Waals surface area contributed by atoms with Crippen LogP contribution < -0.4 is 0 Å². The summed E-state index contributed by atoms with van der Waals surface area (Å²) < 4.78 is 15.3. The molecule has 36 heavy (non-hydrogen) atoms. The first kappa shape index (κ1) is 32.4. The molecule has 0 radical (unpaired) electrons. The molecule has 1 rings (SSSR count). The van der Waals surface area contributed by atoms with Crippen LogP contribution in [0.25, 0.3) is 0 Å². The number of aliphatic hydroxyl groups is 5. The third-order valence-electron chi connectivity index (χ3n) is 5.47. The number of unbranched alkanes of at least 4 members (excludes halogenated alkanes) is 3. The fourth-order valence-electron chi connectivity index (χ4n) is 3.30. The van der Waals surface area contributed by atoms with Crippen molar-refractivity contribution in [1.29, 1.82) is 0 Å². The lowest BCUT2D eigenvalue weighted by Gasteiger charge is -2.39. The van der Waals surface area contributed by atoms with Crippen LogP contribution >= 0.6 is 0 Å². The molecule has 2 unspecified atom stereocenters. The molecule has 0 spiro atoms. The van der Waals surface area contributed by atoms with Crippen molar-refractivity contribution in [3.8, 4) is 0 Å². The van der Waals surface area contributed by atoms with Crippen LogP contribution in [-0.4, -0.2) is 99.5 Å². The van der Waals surface area contributed by atoms with Gasteiger partial charge in [0.2, 0.25) is 0 Å². The predicted octanol–water partition coefficient (Wildman–Crippen LogP) is 0.984. The second-order valence-corrected chi connectivity index (χ2v) is 8.57. The minimum atomic E-state index is -1.59. The van der Waals surface area contributed by atoms with E-state index in [4.69, 9.17) is 24.6 Å². The van der Waals surface area contributed by atoms with Crippen molar-refractivity contribution in [2.45, 2.75) is 94.8 Å². The maximum Gasteiger partial charge on any atom is 0.306 e. The molecule has 0 bridgehead atoms. The smallest absolute Gasteiger partial charge is 0.306 e. The number of ether oxygens (including phenoxy) is 3. The Morgan fingerprint density at radius 1 is 1.00 bits per heavy atom. The molecule has 1 fully saturated rings. The summed E-state index contributed by atoms with van der Waals surface area (Å²) in [5.74, 6) is -0.533. The number of aliphatic hydroxyl groups excluding tert-OH is 5. The van der Waals surface area contributed by atoms with Gasteiger partial charge in [0.05, 0.1) is 13.2 Å². The summed E-state index contributed by atoms with van der Waals surface area (Å²) in [6, 6.07) is 0. The Bertz CT molecular complexity index is 664. The number of esters is 1. The van der Waals surface area contributed by atoms with Crippen LogP contribution in [0, 0.1) is 0 Å². The van der Waals surface area contributed by atoms with Crippen molar-refractivity contribution in [2.75, 3.05) is 19.8 Å². The van der Waals surface area contributed by atoms with Crippen molar-refractivity contribution >= 4 is 5.97 Å². The Hall–Kier alpha value is -1.67. The standard InChI is InChI=1S/C25H42O11/c1-2-3-4-5-6-7-9-12-19(36-32)13-10-8-11-14-21(28)33-16-18(27)17-34-25-24(31)23(30)22(29)20(15-26)35-25/h6-10,12,18-20,22-27,29-32H,2-5,11,13-17H2,1H3/b7-6-,10-8-,12-9+/t18?,19?,20-,22+,23+,24-,25-/m1/s1. The molecule has 0 amide bonds. The van der Waals surface area contributed by atoms with Crippen molar-refractivity contribution < 1.29 is 54.7 Å². The van der Waals surface area contributed by atoms with Gasteiger partial charge in [-0.15, -0.1) is 0 Å². The Balaban J connectivity index is 2.21. The maximum absolute atomic E-state index is 11.8. The van der Waals surface area contributed by atoms with E-state index in [-0.39, 0.29) is 19.6 Å². The van der Waals surface area contributed by atoms with Gasteiger partial charge in [0.1, 0.15) is 43.2 Å².